The lowest BCUT2D eigenvalue weighted by atomic mass is 10.2. The highest BCUT2D eigenvalue weighted by molar-refractivity contribution is 6.02. The van der Waals surface area contributed by atoms with Crippen LogP contribution in [0, 0.1) is 0 Å². The van der Waals surface area contributed by atoms with E-state index in [0.29, 0.717) is 12.1 Å². The summed E-state index contributed by atoms with van der Waals surface area (Å²) >= 11 is 0. The normalized spacial score (nSPS) is 16.1. The van der Waals surface area contributed by atoms with Crippen molar-refractivity contribution in [1.82, 2.24) is 9.91 Å². The van der Waals surface area contributed by atoms with Crippen molar-refractivity contribution in [3.63, 3.8) is 0 Å². The van der Waals surface area contributed by atoms with Gasteiger partial charge in [-0.1, -0.05) is 12.1 Å². The van der Waals surface area contributed by atoms with Crippen molar-refractivity contribution in [3.05, 3.63) is 29.8 Å². The van der Waals surface area contributed by atoms with Crippen molar-refractivity contribution in [2.75, 3.05) is 13.1 Å². The second kappa shape index (κ2) is 4.87. The minimum absolute atomic E-state index is 0.0397. The van der Waals surface area contributed by atoms with Gasteiger partial charge in [0, 0.05) is 6.54 Å². The van der Waals surface area contributed by atoms with Gasteiger partial charge in [-0.15, -0.1) is 0 Å². The van der Waals surface area contributed by atoms with Crippen LogP contribution in [0.1, 0.15) is 12.5 Å². The minimum atomic E-state index is -0.418. The average molecular weight is 247 g/mol. The summed E-state index contributed by atoms with van der Waals surface area (Å²) in [5.41, 5.74) is 0.658. The fraction of sp³-hybridized carbons (Fsp3) is 0.250. The summed E-state index contributed by atoms with van der Waals surface area (Å²) in [6.45, 7) is 2.04. The van der Waals surface area contributed by atoms with Gasteiger partial charge in [0.25, 0.3) is 5.91 Å². The van der Waals surface area contributed by atoms with Crippen LogP contribution in [-0.4, -0.2) is 46.3 Å². The fourth-order valence-corrected chi connectivity index (χ4v) is 1.67. The highest BCUT2D eigenvalue weighted by atomic mass is 16.3. The number of carbonyl (C=O) groups is 2. The summed E-state index contributed by atoms with van der Waals surface area (Å²) < 4.78 is 0. The Bertz CT molecular complexity index is 513. The van der Waals surface area contributed by atoms with Crippen molar-refractivity contribution in [1.29, 1.82) is 0 Å². The van der Waals surface area contributed by atoms with Crippen molar-refractivity contribution in [3.8, 4) is 5.75 Å². The van der Waals surface area contributed by atoms with E-state index in [1.807, 2.05) is 0 Å². The number of benzene rings is 1. The number of imide groups is 1. The number of hydrogen-bond acceptors (Lipinski definition) is 4. The molecule has 1 fully saturated rings. The van der Waals surface area contributed by atoms with Gasteiger partial charge in [-0.2, -0.15) is 5.10 Å². The lowest BCUT2D eigenvalue weighted by molar-refractivity contribution is -0.125. The van der Waals surface area contributed by atoms with Crippen molar-refractivity contribution in [2.24, 2.45) is 5.10 Å². The molecule has 94 valence electrons. The first-order chi connectivity index (χ1) is 8.61. The van der Waals surface area contributed by atoms with Crippen LogP contribution in [0.2, 0.25) is 0 Å². The Morgan fingerprint density at radius 3 is 2.83 bits per heavy atom. The summed E-state index contributed by atoms with van der Waals surface area (Å²) in [5, 5.41) is 14.3. The van der Waals surface area contributed by atoms with Crippen molar-refractivity contribution < 1.29 is 14.7 Å². The SMILES string of the molecule is CCN1C(=O)CN(/N=C/c2cccc(O)c2)C1=O. The number of aromatic hydroxyl groups is 1. The molecule has 1 aromatic rings. The highest BCUT2D eigenvalue weighted by Crippen LogP contribution is 2.12. The second-order valence-corrected chi connectivity index (χ2v) is 3.82. The van der Waals surface area contributed by atoms with Gasteiger partial charge in [0.2, 0.25) is 0 Å². The Morgan fingerprint density at radius 1 is 1.44 bits per heavy atom. The molecule has 0 aromatic heterocycles. The van der Waals surface area contributed by atoms with Gasteiger partial charge >= 0.3 is 6.03 Å². The summed E-state index contributed by atoms with van der Waals surface area (Å²) in [4.78, 5) is 24.3. The molecule has 0 radical (unpaired) electrons. The van der Waals surface area contributed by atoms with Crippen LogP contribution < -0.4 is 0 Å². The smallest absolute Gasteiger partial charge is 0.347 e. The van der Waals surface area contributed by atoms with Gasteiger partial charge in [0.05, 0.1) is 6.21 Å². The highest BCUT2D eigenvalue weighted by Gasteiger charge is 2.34. The van der Waals surface area contributed by atoms with E-state index in [9.17, 15) is 14.7 Å². The standard InChI is InChI=1S/C12H13N3O3/c1-2-14-11(17)8-15(12(14)18)13-7-9-4-3-5-10(16)6-9/h3-7,16H,2,8H2,1H3/b13-7+. The van der Waals surface area contributed by atoms with E-state index in [2.05, 4.69) is 5.10 Å². The molecule has 0 bridgehead atoms. The molecule has 0 saturated carbocycles. The van der Waals surface area contributed by atoms with Gasteiger partial charge in [-0.05, 0) is 24.6 Å². The zero-order chi connectivity index (χ0) is 13.1. The van der Waals surface area contributed by atoms with Crippen LogP contribution >= 0.6 is 0 Å². The molecule has 18 heavy (non-hydrogen) atoms. The van der Waals surface area contributed by atoms with E-state index in [4.69, 9.17) is 0 Å². The fourth-order valence-electron chi connectivity index (χ4n) is 1.67. The Kier molecular flexibility index (Phi) is 3.27. The predicted molar refractivity (Wildman–Crippen MR) is 65.2 cm³/mol. The number of nitrogens with zero attached hydrogens (tertiary/aromatic N) is 3. The van der Waals surface area contributed by atoms with Gasteiger partial charge < -0.3 is 5.11 Å². The Labute approximate surface area is 104 Å². The molecule has 6 nitrogen and oxygen atoms in total. The van der Waals surface area contributed by atoms with Crippen LogP contribution in [0.5, 0.6) is 5.75 Å². The van der Waals surface area contributed by atoms with Crippen molar-refractivity contribution in [2.45, 2.75) is 6.92 Å². The number of urea groups is 1. The van der Waals surface area contributed by atoms with E-state index in [1.165, 1.54) is 12.3 Å². The maximum Gasteiger partial charge on any atom is 0.347 e. The molecule has 1 heterocycles. The van der Waals surface area contributed by atoms with Crippen LogP contribution in [0.3, 0.4) is 0 Å². The first kappa shape index (κ1) is 12.1. The van der Waals surface area contributed by atoms with E-state index < -0.39 is 6.03 Å². The maximum atomic E-state index is 11.7. The zero-order valence-electron chi connectivity index (χ0n) is 9.91. The van der Waals surface area contributed by atoms with Crippen LogP contribution in [-0.2, 0) is 4.79 Å². The molecule has 1 aliphatic heterocycles. The van der Waals surface area contributed by atoms with Crippen LogP contribution in [0.25, 0.3) is 0 Å². The molecule has 0 atom stereocenters. The third-order valence-electron chi connectivity index (χ3n) is 2.57. The second-order valence-electron chi connectivity index (χ2n) is 3.82. The van der Waals surface area contributed by atoms with Crippen LogP contribution in [0.15, 0.2) is 29.4 Å². The van der Waals surface area contributed by atoms with Gasteiger partial charge in [0.15, 0.2) is 0 Å². The van der Waals surface area contributed by atoms with E-state index in [1.54, 1.807) is 25.1 Å². The summed E-state index contributed by atoms with van der Waals surface area (Å²) in [7, 11) is 0. The monoisotopic (exact) mass is 247 g/mol. The minimum Gasteiger partial charge on any atom is -0.508 e. The molecular formula is C12H13N3O3. The molecule has 0 unspecified atom stereocenters. The first-order valence-corrected chi connectivity index (χ1v) is 5.56. The Balaban J connectivity index is 2.11. The van der Waals surface area contributed by atoms with E-state index in [0.717, 1.165) is 9.91 Å². The molecule has 1 N–H and O–H groups in total. The summed E-state index contributed by atoms with van der Waals surface area (Å²) in [6, 6.07) is 6.05. The molecule has 3 amide bonds. The molecular weight excluding hydrogens is 234 g/mol. The lowest BCUT2D eigenvalue weighted by Gasteiger charge is -2.10. The summed E-state index contributed by atoms with van der Waals surface area (Å²) in [6.07, 6.45) is 1.43. The maximum absolute atomic E-state index is 11.7. The lowest BCUT2D eigenvalue weighted by Crippen LogP contribution is -2.30. The molecule has 0 aliphatic carbocycles. The zero-order valence-corrected chi connectivity index (χ0v) is 9.91. The molecule has 1 aliphatic rings. The predicted octanol–water partition coefficient (Wildman–Crippen LogP) is 1.01. The number of hydrazone groups is 1. The third-order valence-corrected chi connectivity index (χ3v) is 2.57. The number of likely N-dealkylation sites (N-methyl/N-ethyl adjacent to an activating group) is 1. The van der Waals surface area contributed by atoms with E-state index in [-0.39, 0.29) is 18.2 Å². The number of carbonyl (C=O) groups excluding carboxylic acids is 2. The quantitative estimate of drug-likeness (QED) is 0.640. The number of phenols is 1. The summed E-state index contributed by atoms with van der Waals surface area (Å²) in [5.74, 6) is -0.131. The number of hydrogen-bond donors (Lipinski definition) is 1. The van der Waals surface area contributed by atoms with Crippen molar-refractivity contribution >= 4 is 18.2 Å². The Morgan fingerprint density at radius 2 is 2.22 bits per heavy atom. The van der Waals surface area contributed by atoms with Gasteiger partial charge in [-0.25, -0.2) is 9.80 Å². The largest absolute Gasteiger partial charge is 0.508 e. The topological polar surface area (TPSA) is 73.2 Å². The van der Waals surface area contributed by atoms with Gasteiger partial charge in [0.1, 0.15) is 12.3 Å². The molecule has 6 heteroatoms. The number of phenolic OH excluding ortho intramolecular Hbond substituents is 1. The van der Waals surface area contributed by atoms with Crippen LogP contribution in [0.4, 0.5) is 4.79 Å². The molecule has 0 spiro atoms. The number of amides is 3. The van der Waals surface area contributed by atoms with Gasteiger partial charge in [-0.3, -0.25) is 9.69 Å². The third kappa shape index (κ3) is 2.32. The Hall–Kier alpha value is -2.37. The van der Waals surface area contributed by atoms with E-state index >= 15 is 0 Å². The average Bonchev–Trinajstić information content (AvgIpc) is 2.61. The molecule has 1 aromatic carbocycles. The first-order valence-electron chi connectivity index (χ1n) is 5.56. The number of rotatable bonds is 3. The molecule has 1 saturated heterocycles. The molecule has 2 rings (SSSR count).